The summed E-state index contributed by atoms with van der Waals surface area (Å²) in [5.41, 5.74) is 0. The smallest absolute Gasteiger partial charge is 0.125 e. The average Bonchev–Trinajstić information content (AvgIpc) is 1.90. The van der Waals surface area contributed by atoms with E-state index in [2.05, 4.69) is 20.8 Å². The Morgan fingerprint density at radius 2 is 1.09 bits per heavy atom. The van der Waals surface area contributed by atoms with Crippen LogP contribution in [0.5, 0.6) is 0 Å². The molecule has 0 rings (SSSR count). The van der Waals surface area contributed by atoms with Crippen LogP contribution in [-0.2, 0) is 0 Å². The minimum absolute atomic E-state index is 0.653. The SMILES string of the molecule is C[CH2][Sn]([CH2]C)[CH2]C.Cl[Si](Cl)Cl. The largest absolute Gasteiger partial charge is 0.376 e. The van der Waals surface area contributed by atoms with Crippen LogP contribution < -0.4 is 0 Å². The summed E-state index contributed by atoms with van der Waals surface area (Å²) >= 11 is 14.1. The molecule has 11 heavy (non-hydrogen) atoms. The molecule has 0 nitrogen and oxygen atoms in total. The van der Waals surface area contributed by atoms with Crippen LogP contribution in [0, 0.1) is 0 Å². The van der Waals surface area contributed by atoms with Crippen molar-refractivity contribution in [1.29, 1.82) is 0 Å². The molecule has 5 heteroatoms. The van der Waals surface area contributed by atoms with E-state index in [-0.39, 0.29) is 0 Å². The van der Waals surface area contributed by atoms with Gasteiger partial charge in [0.1, 0.15) is 0 Å². The van der Waals surface area contributed by atoms with E-state index >= 15 is 0 Å². The van der Waals surface area contributed by atoms with Gasteiger partial charge in [-0.25, -0.2) is 0 Å². The summed E-state index contributed by atoms with van der Waals surface area (Å²) in [6.07, 6.45) is 0. The van der Waals surface area contributed by atoms with Crippen LogP contribution in [0.2, 0.25) is 13.3 Å². The number of hydrogen-bond donors (Lipinski definition) is 0. The van der Waals surface area contributed by atoms with Crippen LogP contribution in [0.4, 0.5) is 0 Å². The molecule has 0 aliphatic rings. The van der Waals surface area contributed by atoms with E-state index < -0.39 is 26.5 Å². The van der Waals surface area contributed by atoms with Crippen molar-refractivity contribution >= 4 is 59.7 Å². The number of halogens is 3. The first-order chi connectivity index (χ1) is 5.08. The fourth-order valence-electron chi connectivity index (χ4n) is 0.750. The van der Waals surface area contributed by atoms with Gasteiger partial charge in [0, 0.05) is 0 Å². The fourth-order valence-corrected chi connectivity index (χ4v) is 5.03. The van der Waals surface area contributed by atoms with E-state index in [4.69, 9.17) is 33.2 Å². The van der Waals surface area contributed by atoms with E-state index in [0.29, 0.717) is 0 Å². The van der Waals surface area contributed by atoms with Crippen LogP contribution >= 0.6 is 33.2 Å². The summed E-state index contributed by atoms with van der Waals surface area (Å²) in [5.74, 6) is 0. The maximum absolute atomic E-state index is 4.91. The van der Waals surface area contributed by atoms with Crippen molar-refractivity contribution in [2.75, 3.05) is 0 Å². The Labute approximate surface area is 93.1 Å². The van der Waals surface area contributed by atoms with Crippen LogP contribution in [-0.4, -0.2) is 26.5 Å². The Bertz CT molecular complexity index is 60.6. The van der Waals surface area contributed by atoms with Crippen molar-refractivity contribution in [3.8, 4) is 0 Å². The van der Waals surface area contributed by atoms with Crippen molar-refractivity contribution in [2.24, 2.45) is 0 Å². The maximum atomic E-state index is 4.91. The Morgan fingerprint density at radius 3 is 1.09 bits per heavy atom. The van der Waals surface area contributed by atoms with Gasteiger partial charge >= 0.3 is 60.6 Å². The molecule has 0 aromatic carbocycles. The van der Waals surface area contributed by atoms with E-state index in [9.17, 15) is 0 Å². The Morgan fingerprint density at radius 1 is 0.909 bits per heavy atom. The topological polar surface area (TPSA) is 0 Å². The third-order valence-corrected chi connectivity index (χ3v) is 10.1. The van der Waals surface area contributed by atoms with Crippen LogP contribution in [0.3, 0.4) is 0 Å². The van der Waals surface area contributed by atoms with Crippen LogP contribution in [0.15, 0.2) is 0 Å². The minimum atomic E-state index is -1.46. The minimum Gasteiger partial charge on any atom is -0.125 e. The first kappa shape index (κ1) is 15.4. The van der Waals surface area contributed by atoms with Crippen molar-refractivity contribution in [3.63, 3.8) is 0 Å². The first-order valence-electron chi connectivity index (χ1n) is 3.75. The second-order valence-corrected chi connectivity index (χ2v) is 17.9. The molecule has 0 spiro atoms. The van der Waals surface area contributed by atoms with E-state index in [1.807, 2.05) is 0 Å². The van der Waals surface area contributed by atoms with E-state index in [0.717, 1.165) is 0 Å². The molecule has 68 valence electrons. The Hall–Kier alpha value is 1.89. The predicted molar refractivity (Wildman–Crippen MR) is 60.5 cm³/mol. The molecular weight excluding hydrogens is 325 g/mol. The van der Waals surface area contributed by atoms with Crippen LogP contribution in [0.25, 0.3) is 0 Å². The summed E-state index contributed by atoms with van der Waals surface area (Å²) in [6.45, 7) is 5.58. The second kappa shape index (κ2) is 11.9. The van der Waals surface area contributed by atoms with Crippen molar-refractivity contribution in [3.05, 3.63) is 0 Å². The van der Waals surface area contributed by atoms with Crippen molar-refractivity contribution < 1.29 is 0 Å². The molecular formula is C6H15Cl3SiSn. The molecule has 2 radical (unpaired) electrons. The maximum Gasteiger partial charge on any atom is 0.376 e. The summed E-state index contributed by atoms with van der Waals surface area (Å²) in [5, 5.41) is 0. The van der Waals surface area contributed by atoms with Gasteiger partial charge in [-0.1, -0.05) is 0 Å². The van der Waals surface area contributed by atoms with Crippen LogP contribution in [0.1, 0.15) is 20.8 Å². The fraction of sp³-hybridized carbons (Fsp3) is 1.00. The Kier molecular flexibility index (Phi) is 16.6. The monoisotopic (exact) mass is 340 g/mol. The molecule has 0 N–H and O–H groups in total. The van der Waals surface area contributed by atoms with Gasteiger partial charge in [0.25, 0.3) is 0 Å². The molecule has 0 aliphatic heterocycles. The second-order valence-electron chi connectivity index (χ2n) is 2.02. The van der Waals surface area contributed by atoms with E-state index in [1.165, 1.54) is 0 Å². The normalized spacial score (nSPS) is 9.82. The summed E-state index contributed by atoms with van der Waals surface area (Å²) in [6, 6.07) is 0. The predicted octanol–water partition coefficient (Wildman–Crippen LogP) is 4.23. The molecule has 0 unspecified atom stereocenters. The van der Waals surface area contributed by atoms with Gasteiger partial charge < -0.3 is 0 Å². The molecule has 0 bridgehead atoms. The first-order valence-corrected chi connectivity index (χ1v) is 14.3. The molecule has 0 heterocycles. The summed E-state index contributed by atoms with van der Waals surface area (Å²) in [7, 11) is 0. The summed E-state index contributed by atoms with van der Waals surface area (Å²) in [4.78, 5) is 0. The molecule has 0 aromatic rings. The zero-order chi connectivity index (χ0) is 9.28. The van der Waals surface area contributed by atoms with Gasteiger partial charge in [0.05, 0.1) is 0 Å². The number of rotatable bonds is 3. The van der Waals surface area contributed by atoms with Crippen molar-refractivity contribution in [1.82, 2.24) is 0 Å². The third-order valence-electron chi connectivity index (χ3n) is 1.50. The van der Waals surface area contributed by atoms with Gasteiger partial charge in [0.15, 0.2) is 0 Å². The molecule has 0 atom stereocenters. The molecule has 0 saturated heterocycles. The zero-order valence-electron chi connectivity index (χ0n) is 7.26. The molecule has 0 fully saturated rings. The summed E-state index contributed by atoms with van der Waals surface area (Å²) < 4.78 is 4.65. The quantitative estimate of drug-likeness (QED) is 0.533. The van der Waals surface area contributed by atoms with Crippen molar-refractivity contribution in [2.45, 2.75) is 34.1 Å². The molecule has 0 aromatic heterocycles. The average molecular weight is 340 g/mol. The molecule has 0 amide bonds. The zero-order valence-corrected chi connectivity index (χ0v) is 13.4. The van der Waals surface area contributed by atoms with Gasteiger partial charge in [0.2, 0.25) is 0 Å². The van der Waals surface area contributed by atoms with Gasteiger partial charge in [-0.15, -0.1) is 33.2 Å². The molecule has 0 aliphatic carbocycles. The Balaban J connectivity index is 0. The standard InChI is InChI=1S/3C2H5.Cl3Si.Sn/c3*1-2;1-4(2)3;/h3*1H2,2H3;;. The number of hydrogen-bond acceptors (Lipinski definition) is 0. The van der Waals surface area contributed by atoms with Gasteiger partial charge in [-0.3, -0.25) is 0 Å². The van der Waals surface area contributed by atoms with E-state index in [1.54, 1.807) is 13.3 Å². The molecule has 0 saturated carbocycles. The van der Waals surface area contributed by atoms with Gasteiger partial charge in [-0.2, -0.15) is 0 Å². The van der Waals surface area contributed by atoms with Gasteiger partial charge in [-0.05, 0) is 0 Å². The third kappa shape index (κ3) is 18.7.